The van der Waals surface area contributed by atoms with Gasteiger partial charge in [0, 0.05) is 0 Å². The van der Waals surface area contributed by atoms with Gasteiger partial charge in [0.15, 0.2) is 0 Å². The minimum absolute atomic E-state index is 0.0458. The maximum Gasteiger partial charge on any atom is 0.0680 e. The summed E-state index contributed by atoms with van der Waals surface area (Å²) in [7, 11) is 0. The van der Waals surface area contributed by atoms with Crippen molar-refractivity contribution in [2.24, 2.45) is 5.92 Å². The second kappa shape index (κ2) is 3.64. The lowest BCUT2D eigenvalue weighted by atomic mass is 9.93. The molecule has 0 saturated heterocycles. The second-order valence-corrected chi connectivity index (χ2v) is 3.81. The molecule has 0 N–H and O–H groups in total. The Kier molecular flexibility index (Phi) is 3.06. The highest BCUT2D eigenvalue weighted by Crippen LogP contribution is 2.27. The highest BCUT2D eigenvalue weighted by molar-refractivity contribution is 6.30. The first-order valence-electron chi connectivity index (χ1n) is 3.70. The first-order valence-corrected chi connectivity index (χ1v) is 4.57. The zero-order chi connectivity index (χ0) is 7.56. The van der Waals surface area contributed by atoms with Gasteiger partial charge in [-0.3, -0.25) is 0 Å². The summed E-state index contributed by atoms with van der Waals surface area (Å²) in [5.74, 6) is 0.650. The molecule has 1 aliphatic carbocycles. The zero-order valence-electron chi connectivity index (χ0n) is 6.06. The predicted molar refractivity (Wildman–Crippen MR) is 46.8 cm³/mol. The summed E-state index contributed by atoms with van der Waals surface area (Å²) in [5.41, 5.74) is 0. The number of hydrogen-bond acceptors (Lipinski definition) is 0. The van der Waals surface area contributed by atoms with E-state index in [-0.39, 0.29) is 10.8 Å². The molecule has 0 saturated carbocycles. The first-order chi connectivity index (χ1) is 4.74. The number of allylic oxidation sites excluding steroid dienone is 2. The van der Waals surface area contributed by atoms with Crippen LogP contribution in [0.1, 0.15) is 19.8 Å². The van der Waals surface area contributed by atoms with E-state index in [0.717, 1.165) is 6.42 Å². The Bertz CT molecular complexity index is 131. The molecule has 0 aliphatic heterocycles. The third kappa shape index (κ3) is 1.90. The highest BCUT2D eigenvalue weighted by atomic mass is 35.5. The average Bonchev–Trinajstić information content (AvgIpc) is 1.95. The lowest BCUT2D eigenvalue weighted by Gasteiger charge is -2.22. The van der Waals surface area contributed by atoms with Crippen LogP contribution in [-0.4, -0.2) is 10.8 Å². The van der Waals surface area contributed by atoms with E-state index in [9.17, 15) is 0 Å². The van der Waals surface area contributed by atoms with E-state index in [2.05, 4.69) is 13.0 Å². The van der Waals surface area contributed by atoms with Crippen molar-refractivity contribution in [1.29, 1.82) is 0 Å². The van der Waals surface area contributed by atoms with Gasteiger partial charge in [-0.15, -0.1) is 23.2 Å². The fourth-order valence-electron chi connectivity index (χ4n) is 1.18. The molecule has 2 heteroatoms. The van der Waals surface area contributed by atoms with Gasteiger partial charge in [0.25, 0.3) is 0 Å². The van der Waals surface area contributed by atoms with Crippen LogP contribution in [0.4, 0.5) is 0 Å². The summed E-state index contributed by atoms with van der Waals surface area (Å²) in [6.07, 6.45) is 6.39. The lowest BCUT2D eigenvalue weighted by molar-refractivity contribution is 0.534. The molecule has 3 atom stereocenters. The Labute approximate surface area is 72.2 Å². The molecule has 0 radical (unpaired) electrons. The smallest absolute Gasteiger partial charge is 0.0680 e. The zero-order valence-corrected chi connectivity index (χ0v) is 7.57. The van der Waals surface area contributed by atoms with Crippen LogP contribution in [0.2, 0.25) is 0 Å². The van der Waals surface area contributed by atoms with Crippen molar-refractivity contribution in [2.45, 2.75) is 30.5 Å². The van der Waals surface area contributed by atoms with Crippen molar-refractivity contribution in [3.05, 3.63) is 12.2 Å². The Hall–Kier alpha value is 0.320. The van der Waals surface area contributed by atoms with Crippen LogP contribution in [0.15, 0.2) is 12.2 Å². The third-order valence-electron chi connectivity index (χ3n) is 1.96. The van der Waals surface area contributed by atoms with Gasteiger partial charge in [0.05, 0.1) is 10.8 Å². The molecule has 0 nitrogen and oxygen atoms in total. The normalized spacial score (nSPS) is 40.1. The Morgan fingerprint density at radius 3 is 2.60 bits per heavy atom. The van der Waals surface area contributed by atoms with Gasteiger partial charge in [-0.25, -0.2) is 0 Å². The standard InChI is InChI=1S/C8H12Cl2/c1-2-6-3-4-7(9)8(10)5-6/h3-4,6-8H,2,5H2,1H3/t6-,7?,8?/m1/s1. The molecule has 1 aliphatic rings. The molecule has 10 heavy (non-hydrogen) atoms. The van der Waals surface area contributed by atoms with Crippen LogP contribution >= 0.6 is 23.2 Å². The molecule has 2 unspecified atom stereocenters. The van der Waals surface area contributed by atoms with E-state index in [1.54, 1.807) is 0 Å². The minimum atomic E-state index is 0.0458. The lowest BCUT2D eigenvalue weighted by Crippen LogP contribution is -2.20. The maximum atomic E-state index is 5.96. The van der Waals surface area contributed by atoms with Crippen molar-refractivity contribution >= 4 is 23.2 Å². The van der Waals surface area contributed by atoms with E-state index in [1.165, 1.54) is 6.42 Å². The molecular formula is C8H12Cl2. The predicted octanol–water partition coefficient (Wildman–Crippen LogP) is 3.19. The van der Waals surface area contributed by atoms with Crippen molar-refractivity contribution < 1.29 is 0 Å². The number of hydrogen-bond donors (Lipinski definition) is 0. The first kappa shape index (κ1) is 8.42. The van der Waals surface area contributed by atoms with Gasteiger partial charge in [-0.1, -0.05) is 19.1 Å². The summed E-state index contributed by atoms with van der Waals surface area (Å²) in [6.45, 7) is 2.17. The molecule has 0 aromatic carbocycles. The molecule has 0 aromatic heterocycles. The van der Waals surface area contributed by atoms with Crippen LogP contribution in [0.25, 0.3) is 0 Å². The molecule has 1 rings (SSSR count). The van der Waals surface area contributed by atoms with Crippen molar-refractivity contribution in [3.8, 4) is 0 Å². The van der Waals surface area contributed by atoms with Gasteiger partial charge in [0.2, 0.25) is 0 Å². The largest absolute Gasteiger partial charge is 0.121 e. The van der Waals surface area contributed by atoms with Crippen LogP contribution in [0.5, 0.6) is 0 Å². The van der Waals surface area contributed by atoms with Crippen molar-refractivity contribution in [2.75, 3.05) is 0 Å². The molecule has 0 aromatic rings. The Morgan fingerprint density at radius 2 is 2.10 bits per heavy atom. The quantitative estimate of drug-likeness (QED) is 0.428. The Balaban J connectivity index is 2.51. The third-order valence-corrected chi connectivity index (χ3v) is 2.99. The molecule has 0 fully saturated rings. The molecule has 0 spiro atoms. The van der Waals surface area contributed by atoms with E-state index in [1.807, 2.05) is 6.08 Å². The number of halogens is 2. The fraction of sp³-hybridized carbons (Fsp3) is 0.750. The van der Waals surface area contributed by atoms with Gasteiger partial charge in [-0.2, -0.15) is 0 Å². The monoisotopic (exact) mass is 178 g/mol. The fourth-order valence-corrected chi connectivity index (χ4v) is 1.68. The van der Waals surface area contributed by atoms with Crippen LogP contribution < -0.4 is 0 Å². The summed E-state index contributed by atoms with van der Waals surface area (Å²) >= 11 is 11.8. The SMILES string of the molecule is CC[C@@H]1C=CC(Cl)C(Cl)C1. The second-order valence-electron chi connectivity index (χ2n) is 2.75. The highest BCUT2D eigenvalue weighted by Gasteiger charge is 2.21. The van der Waals surface area contributed by atoms with Gasteiger partial charge >= 0.3 is 0 Å². The summed E-state index contributed by atoms with van der Waals surface area (Å²) in [4.78, 5) is 0. The molecule has 0 amide bonds. The number of rotatable bonds is 1. The topological polar surface area (TPSA) is 0 Å². The van der Waals surface area contributed by atoms with Crippen molar-refractivity contribution in [1.82, 2.24) is 0 Å². The summed E-state index contributed by atoms with van der Waals surface area (Å²) in [5, 5.41) is 0.182. The van der Waals surface area contributed by atoms with Gasteiger partial charge in [0.1, 0.15) is 0 Å². The average molecular weight is 179 g/mol. The Morgan fingerprint density at radius 1 is 1.40 bits per heavy atom. The minimum Gasteiger partial charge on any atom is -0.121 e. The summed E-state index contributed by atoms with van der Waals surface area (Å²) < 4.78 is 0. The maximum absolute atomic E-state index is 5.96. The summed E-state index contributed by atoms with van der Waals surface area (Å²) in [6, 6.07) is 0. The van der Waals surface area contributed by atoms with Gasteiger partial charge in [-0.05, 0) is 18.8 Å². The van der Waals surface area contributed by atoms with E-state index < -0.39 is 0 Å². The van der Waals surface area contributed by atoms with Crippen LogP contribution in [0.3, 0.4) is 0 Å². The molecular weight excluding hydrogens is 167 g/mol. The molecule has 0 heterocycles. The van der Waals surface area contributed by atoms with Crippen LogP contribution in [-0.2, 0) is 0 Å². The van der Waals surface area contributed by atoms with E-state index in [4.69, 9.17) is 23.2 Å². The number of alkyl halides is 2. The van der Waals surface area contributed by atoms with Crippen LogP contribution in [0, 0.1) is 5.92 Å². The van der Waals surface area contributed by atoms with E-state index in [0.29, 0.717) is 5.92 Å². The van der Waals surface area contributed by atoms with Gasteiger partial charge < -0.3 is 0 Å². The molecule has 58 valence electrons. The van der Waals surface area contributed by atoms with E-state index >= 15 is 0 Å². The molecule has 0 bridgehead atoms. The van der Waals surface area contributed by atoms with Crippen molar-refractivity contribution in [3.63, 3.8) is 0 Å².